The topological polar surface area (TPSA) is 99.4 Å². The smallest absolute Gasteiger partial charge is 0.228 e. The van der Waals surface area contributed by atoms with Crippen molar-refractivity contribution in [3.05, 3.63) is 121 Å². The minimum Gasteiger partial charge on any atom is -0.353 e. The molecule has 1 amide bonds. The molecule has 41 heavy (non-hydrogen) atoms. The van der Waals surface area contributed by atoms with E-state index in [-0.39, 0.29) is 18.1 Å². The van der Waals surface area contributed by atoms with Crippen LogP contribution in [0.1, 0.15) is 5.56 Å². The van der Waals surface area contributed by atoms with E-state index in [4.69, 9.17) is 0 Å². The number of aromatic nitrogens is 5. The molecule has 7 nitrogen and oxygen atoms in total. The molecule has 7 aromatic rings. The van der Waals surface area contributed by atoms with Gasteiger partial charge in [0.05, 0.1) is 41.4 Å². The SMILES string of the molecule is O=C(Cc1ccccc1)Nc1cncc(-c2cc3c(-c4cc5c(-c6ccccc6F)cccc5[nH]4)n[nH]c3cn2)c1. The maximum absolute atomic E-state index is 14.6. The number of rotatable bonds is 6. The second-order valence-electron chi connectivity index (χ2n) is 9.79. The van der Waals surface area contributed by atoms with Crippen molar-refractivity contribution < 1.29 is 9.18 Å². The zero-order valence-electron chi connectivity index (χ0n) is 21.7. The van der Waals surface area contributed by atoms with E-state index in [0.29, 0.717) is 16.9 Å². The molecule has 8 heteroatoms. The van der Waals surface area contributed by atoms with Crippen molar-refractivity contribution >= 4 is 33.4 Å². The van der Waals surface area contributed by atoms with Crippen LogP contribution < -0.4 is 5.32 Å². The molecular formula is C33H23FN6O. The van der Waals surface area contributed by atoms with Gasteiger partial charge < -0.3 is 10.3 Å². The Balaban J connectivity index is 1.22. The van der Waals surface area contributed by atoms with Gasteiger partial charge >= 0.3 is 0 Å². The fraction of sp³-hybridized carbons (Fsp3) is 0.0303. The zero-order valence-corrected chi connectivity index (χ0v) is 21.7. The lowest BCUT2D eigenvalue weighted by molar-refractivity contribution is -0.115. The number of amides is 1. The van der Waals surface area contributed by atoms with Crippen molar-refractivity contribution in [3.63, 3.8) is 0 Å². The van der Waals surface area contributed by atoms with Crippen LogP contribution in [-0.4, -0.2) is 31.1 Å². The van der Waals surface area contributed by atoms with Crippen LogP contribution in [0.2, 0.25) is 0 Å². The van der Waals surface area contributed by atoms with Gasteiger partial charge in [-0.15, -0.1) is 0 Å². The lowest BCUT2D eigenvalue weighted by Gasteiger charge is -2.07. The number of carbonyl (C=O) groups excluding carboxylic acids is 1. The maximum atomic E-state index is 14.6. The summed E-state index contributed by atoms with van der Waals surface area (Å²) in [6, 6.07) is 28.0. The van der Waals surface area contributed by atoms with E-state index < -0.39 is 0 Å². The number of halogens is 1. The number of anilines is 1. The highest BCUT2D eigenvalue weighted by Crippen LogP contribution is 2.35. The molecule has 0 spiro atoms. The normalized spacial score (nSPS) is 11.2. The Hall–Kier alpha value is -5.63. The largest absolute Gasteiger partial charge is 0.353 e. The van der Waals surface area contributed by atoms with Crippen LogP contribution in [0.3, 0.4) is 0 Å². The number of pyridine rings is 2. The Kier molecular flexibility index (Phi) is 6.05. The van der Waals surface area contributed by atoms with Crippen molar-refractivity contribution in [3.8, 4) is 33.8 Å². The van der Waals surface area contributed by atoms with Gasteiger partial charge in [0.2, 0.25) is 5.91 Å². The standard InChI is InChI=1S/C33H23FN6O/c34-27-11-5-4-9-24(27)23-10-6-12-28-25(23)15-30(38-28)33-26-16-29(36-19-31(26)39-40-33)21-14-22(18-35-17-21)37-32(41)13-20-7-2-1-3-8-20/h1-12,14-19,38H,13H2,(H,37,41)(H,39,40). The molecule has 0 atom stereocenters. The number of nitrogens with one attached hydrogen (secondary N) is 3. The van der Waals surface area contributed by atoms with Crippen molar-refractivity contribution in [2.24, 2.45) is 0 Å². The minimum absolute atomic E-state index is 0.121. The number of hydrogen-bond acceptors (Lipinski definition) is 4. The van der Waals surface area contributed by atoms with Crippen molar-refractivity contribution in [1.29, 1.82) is 0 Å². The third-order valence-corrected chi connectivity index (χ3v) is 7.06. The second kappa shape index (κ2) is 10.2. The Morgan fingerprint density at radius 1 is 0.805 bits per heavy atom. The molecule has 4 heterocycles. The summed E-state index contributed by atoms with van der Waals surface area (Å²) in [5.74, 6) is -0.389. The zero-order chi connectivity index (χ0) is 27.8. The number of H-pyrrole nitrogens is 2. The maximum Gasteiger partial charge on any atom is 0.228 e. The van der Waals surface area contributed by atoms with Gasteiger partial charge in [-0.2, -0.15) is 5.10 Å². The lowest BCUT2D eigenvalue weighted by atomic mass is 10.0. The molecule has 0 bridgehead atoms. The van der Waals surface area contributed by atoms with E-state index in [9.17, 15) is 9.18 Å². The number of benzene rings is 3. The van der Waals surface area contributed by atoms with Gasteiger partial charge in [-0.1, -0.05) is 60.7 Å². The first kappa shape index (κ1) is 24.4. The number of nitrogens with zero attached hydrogens (tertiary/aromatic N) is 3. The van der Waals surface area contributed by atoms with Crippen molar-refractivity contribution in [2.45, 2.75) is 6.42 Å². The molecule has 0 saturated carbocycles. The Morgan fingerprint density at radius 3 is 2.51 bits per heavy atom. The van der Waals surface area contributed by atoms with E-state index >= 15 is 0 Å². The molecule has 0 aliphatic rings. The van der Waals surface area contributed by atoms with Crippen LogP contribution in [-0.2, 0) is 11.2 Å². The van der Waals surface area contributed by atoms with E-state index in [1.165, 1.54) is 6.07 Å². The summed E-state index contributed by atoms with van der Waals surface area (Å²) < 4.78 is 14.6. The Bertz CT molecular complexity index is 2050. The molecule has 3 aromatic carbocycles. The third-order valence-electron chi connectivity index (χ3n) is 7.06. The molecule has 0 unspecified atom stereocenters. The van der Waals surface area contributed by atoms with Gasteiger partial charge in [0, 0.05) is 33.6 Å². The van der Waals surface area contributed by atoms with Gasteiger partial charge in [0.1, 0.15) is 11.5 Å². The fourth-order valence-corrected chi connectivity index (χ4v) is 5.11. The Morgan fingerprint density at radius 2 is 1.63 bits per heavy atom. The summed E-state index contributed by atoms with van der Waals surface area (Å²) in [4.78, 5) is 25.0. The number of aromatic amines is 2. The lowest BCUT2D eigenvalue weighted by Crippen LogP contribution is -2.14. The van der Waals surface area contributed by atoms with Crippen LogP contribution in [0, 0.1) is 5.82 Å². The fourth-order valence-electron chi connectivity index (χ4n) is 5.11. The van der Waals surface area contributed by atoms with Crippen molar-refractivity contribution in [1.82, 2.24) is 25.1 Å². The predicted octanol–water partition coefficient (Wildman–Crippen LogP) is 7.16. The summed E-state index contributed by atoms with van der Waals surface area (Å²) >= 11 is 0. The van der Waals surface area contributed by atoms with Crippen LogP contribution in [0.25, 0.3) is 55.6 Å². The van der Waals surface area contributed by atoms with Crippen LogP contribution >= 0.6 is 0 Å². The molecule has 4 aromatic heterocycles. The van der Waals surface area contributed by atoms with E-state index in [2.05, 4.69) is 30.5 Å². The molecular weight excluding hydrogens is 515 g/mol. The van der Waals surface area contributed by atoms with E-state index in [1.54, 1.807) is 30.7 Å². The molecule has 198 valence electrons. The molecule has 0 aliphatic heterocycles. The van der Waals surface area contributed by atoms with Gasteiger partial charge in [0.15, 0.2) is 0 Å². The minimum atomic E-state index is -0.268. The van der Waals surface area contributed by atoms with Crippen LogP contribution in [0.15, 0.2) is 110 Å². The first-order chi connectivity index (χ1) is 20.1. The van der Waals surface area contributed by atoms with Gasteiger partial charge in [0.25, 0.3) is 0 Å². The monoisotopic (exact) mass is 538 g/mol. The number of hydrogen-bond donors (Lipinski definition) is 3. The van der Waals surface area contributed by atoms with Gasteiger partial charge in [-0.25, -0.2) is 4.39 Å². The van der Waals surface area contributed by atoms with E-state index in [0.717, 1.165) is 49.9 Å². The second-order valence-corrected chi connectivity index (χ2v) is 9.79. The highest BCUT2D eigenvalue weighted by molar-refractivity contribution is 6.01. The van der Waals surface area contributed by atoms with Crippen LogP contribution in [0.5, 0.6) is 0 Å². The van der Waals surface area contributed by atoms with Crippen molar-refractivity contribution in [2.75, 3.05) is 5.32 Å². The Labute approximate surface area is 234 Å². The molecule has 0 saturated heterocycles. The third kappa shape index (κ3) is 4.72. The number of carbonyl (C=O) groups is 1. The summed E-state index contributed by atoms with van der Waals surface area (Å²) in [7, 11) is 0. The summed E-state index contributed by atoms with van der Waals surface area (Å²) in [6.45, 7) is 0. The molecule has 0 aliphatic carbocycles. The quantitative estimate of drug-likeness (QED) is 0.209. The molecule has 0 radical (unpaired) electrons. The van der Waals surface area contributed by atoms with Gasteiger partial charge in [-0.05, 0) is 41.5 Å². The number of fused-ring (bicyclic) bond motifs is 2. The highest BCUT2D eigenvalue weighted by Gasteiger charge is 2.16. The average molecular weight is 539 g/mol. The summed E-state index contributed by atoms with van der Waals surface area (Å²) in [6.07, 6.45) is 5.34. The van der Waals surface area contributed by atoms with E-state index in [1.807, 2.05) is 72.8 Å². The summed E-state index contributed by atoms with van der Waals surface area (Å²) in [5, 5.41) is 12.3. The molecule has 7 rings (SSSR count). The first-order valence-electron chi connectivity index (χ1n) is 13.1. The average Bonchev–Trinajstić information content (AvgIpc) is 3.62. The highest BCUT2D eigenvalue weighted by atomic mass is 19.1. The first-order valence-corrected chi connectivity index (χ1v) is 13.1. The van der Waals surface area contributed by atoms with Gasteiger partial charge in [-0.3, -0.25) is 19.9 Å². The summed E-state index contributed by atoms with van der Waals surface area (Å²) in [5.41, 5.74) is 7.51. The predicted molar refractivity (Wildman–Crippen MR) is 159 cm³/mol. The molecule has 3 N–H and O–H groups in total. The molecule has 0 fully saturated rings. The van der Waals surface area contributed by atoms with Crippen LogP contribution in [0.4, 0.5) is 10.1 Å².